The smallest absolute Gasteiger partial charge is 0.115 e. The Labute approximate surface area is 111 Å². The van der Waals surface area contributed by atoms with Crippen molar-refractivity contribution in [2.24, 2.45) is 11.5 Å². The number of unbranched alkanes of at least 4 members (excludes halogenated alkanes) is 1. The second-order valence-corrected chi connectivity index (χ2v) is 4.45. The van der Waals surface area contributed by atoms with Gasteiger partial charge < -0.3 is 16.6 Å². The fourth-order valence-corrected chi connectivity index (χ4v) is 2.02. The normalized spacial score (nSPS) is 11.9. The summed E-state index contributed by atoms with van der Waals surface area (Å²) in [5.41, 5.74) is 12.4. The molecule has 1 aromatic rings. The number of halogens is 2. The maximum absolute atomic E-state index is 9.36. The van der Waals surface area contributed by atoms with Gasteiger partial charge in [0.25, 0.3) is 0 Å². The Bertz CT molecular complexity index is 323. The van der Waals surface area contributed by atoms with Gasteiger partial charge in [-0.25, -0.2) is 0 Å². The zero-order chi connectivity index (χ0) is 11.3. The van der Waals surface area contributed by atoms with Crippen molar-refractivity contribution in [1.29, 1.82) is 0 Å². The van der Waals surface area contributed by atoms with Gasteiger partial charge in [-0.15, -0.1) is 12.4 Å². The van der Waals surface area contributed by atoms with Gasteiger partial charge in [-0.3, -0.25) is 0 Å². The summed E-state index contributed by atoms with van der Waals surface area (Å²) in [5, 5.41) is 9.36. The van der Waals surface area contributed by atoms with Gasteiger partial charge in [-0.2, -0.15) is 0 Å². The third kappa shape index (κ3) is 4.70. The molecule has 0 unspecified atom stereocenters. The summed E-state index contributed by atoms with van der Waals surface area (Å²) in [5.74, 6) is 0.252. The predicted molar refractivity (Wildman–Crippen MR) is 72.9 cm³/mol. The van der Waals surface area contributed by atoms with Crippen LogP contribution >= 0.6 is 28.3 Å². The molecule has 5 heteroatoms. The van der Waals surface area contributed by atoms with Gasteiger partial charge in [0.15, 0.2) is 0 Å². The number of rotatable bonds is 5. The van der Waals surface area contributed by atoms with Gasteiger partial charge >= 0.3 is 0 Å². The van der Waals surface area contributed by atoms with Crippen LogP contribution in [0.2, 0.25) is 0 Å². The van der Waals surface area contributed by atoms with E-state index in [0.717, 1.165) is 29.3 Å². The largest absolute Gasteiger partial charge is 0.508 e. The van der Waals surface area contributed by atoms with Crippen molar-refractivity contribution in [1.82, 2.24) is 0 Å². The summed E-state index contributed by atoms with van der Waals surface area (Å²) in [6.07, 6.45) is 2.89. The number of hydrogen-bond acceptors (Lipinski definition) is 3. The quantitative estimate of drug-likeness (QED) is 0.732. The average Bonchev–Trinajstić information content (AvgIpc) is 2.22. The number of phenols is 1. The minimum atomic E-state index is -0.0435. The summed E-state index contributed by atoms with van der Waals surface area (Å²) in [6.45, 7) is 0.702. The van der Waals surface area contributed by atoms with Gasteiger partial charge in [0, 0.05) is 10.5 Å². The Morgan fingerprint density at radius 3 is 2.62 bits per heavy atom. The van der Waals surface area contributed by atoms with Crippen molar-refractivity contribution in [2.75, 3.05) is 6.54 Å². The van der Waals surface area contributed by atoms with Crippen LogP contribution in [0.1, 0.15) is 30.9 Å². The Morgan fingerprint density at radius 1 is 1.31 bits per heavy atom. The SMILES string of the molecule is Cl.NCCCC[C@@H](N)c1cc(O)ccc1Br. The Morgan fingerprint density at radius 2 is 2.00 bits per heavy atom. The molecule has 0 aliphatic heterocycles. The van der Waals surface area contributed by atoms with Crippen LogP contribution < -0.4 is 11.5 Å². The van der Waals surface area contributed by atoms with Crippen molar-refractivity contribution in [3.8, 4) is 5.75 Å². The lowest BCUT2D eigenvalue weighted by molar-refractivity contribution is 0.472. The van der Waals surface area contributed by atoms with Crippen LogP contribution in [0.3, 0.4) is 0 Å². The summed E-state index contributed by atoms with van der Waals surface area (Å²) in [6, 6.07) is 5.11. The molecule has 16 heavy (non-hydrogen) atoms. The second-order valence-electron chi connectivity index (χ2n) is 3.60. The average molecular weight is 310 g/mol. The molecule has 3 nitrogen and oxygen atoms in total. The van der Waals surface area contributed by atoms with Gasteiger partial charge in [-0.05, 0) is 43.1 Å². The highest BCUT2D eigenvalue weighted by Crippen LogP contribution is 2.28. The van der Waals surface area contributed by atoms with Crippen LogP contribution in [-0.2, 0) is 0 Å². The number of hydrogen-bond donors (Lipinski definition) is 3. The lowest BCUT2D eigenvalue weighted by Crippen LogP contribution is -2.11. The van der Waals surface area contributed by atoms with E-state index in [4.69, 9.17) is 11.5 Å². The molecule has 0 spiro atoms. The summed E-state index contributed by atoms with van der Waals surface area (Å²) < 4.78 is 0.945. The van der Waals surface area contributed by atoms with Crippen LogP contribution in [-0.4, -0.2) is 11.7 Å². The van der Waals surface area contributed by atoms with E-state index in [1.807, 2.05) is 6.07 Å². The maximum Gasteiger partial charge on any atom is 0.115 e. The lowest BCUT2D eigenvalue weighted by Gasteiger charge is -2.13. The molecule has 0 amide bonds. The predicted octanol–water partition coefficient (Wildman–Crippen LogP) is 2.71. The molecule has 5 N–H and O–H groups in total. The van der Waals surface area contributed by atoms with Crippen molar-refractivity contribution in [2.45, 2.75) is 25.3 Å². The molecule has 0 radical (unpaired) electrons. The molecule has 1 rings (SSSR count). The van der Waals surface area contributed by atoms with E-state index in [0.29, 0.717) is 6.54 Å². The molecule has 0 aliphatic carbocycles. The first-order chi connectivity index (χ1) is 7.15. The van der Waals surface area contributed by atoms with Crippen LogP contribution in [0, 0.1) is 0 Å². The molecular weight excluding hydrogens is 291 g/mol. The molecule has 0 saturated carbocycles. The standard InChI is InChI=1S/C11H17BrN2O.ClH/c12-10-5-4-8(15)7-9(10)11(14)3-1-2-6-13;/h4-5,7,11,15H,1-3,6,13-14H2;1H/t11-;/m1./s1. The molecule has 0 bridgehead atoms. The first kappa shape index (κ1) is 15.7. The molecule has 1 aromatic carbocycles. The third-order valence-corrected chi connectivity index (χ3v) is 3.07. The molecule has 1 atom stereocenters. The number of benzene rings is 1. The van der Waals surface area contributed by atoms with E-state index in [9.17, 15) is 5.11 Å². The Kier molecular flexibility index (Phi) is 7.76. The molecule has 0 fully saturated rings. The molecule has 0 aromatic heterocycles. The minimum Gasteiger partial charge on any atom is -0.508 e. The first-order valence-corrected chi connectivity index (χ1v) is 5.88. The fraction of sp³-hybridized carbons (Fsp3) is 0.455. The second kappa shape index (κ2) is 7.90. The van der Waals surface area contributed by atoms with E-state index < -0.39 is 0 Å². The molecular formula is C11H18BrClN2O. The van der Waals surface area contributed by atoms with Crippen LogP contribution in [0.15, 0.2) is 22.7 Å². The topological polar surface area (TPSA) is 72.3 Å². The van der Waals surface area contributed by atoms with Crippen LogP contribution in [0.4, 0.5) is 0 Å². The number of phenolic OH excluding ortho intramolecular Hbond substituents is 1. The van der Waals surface area contributed by atoms with E-state index in [1.165, 1.54) is 0 Å². The van der Waals surface area contributed by atoms with Gasteiger partial charge in [0.05, 0.1) is 0 Å². The minimum absolute atomic E-state index is 0. The monoisotopic (exact) mass is 308 g/mol. The highest BCUT2D eigenvalue weighted by Gasteiger charge is 2.10. The zero-order valence-electron chi connectivity index (χ0n) is 9.03. The van der Waals surface area contributed by atoms with Crippen molar-refractivity contribution in [3.63, 3.8) is 0 Å². The van der Waals surface area contributed by atoms with E-state index >= 15 is 0 Å². The summed E-state index contributed by atoms with van der Waals surface area (Å²) in [4.78, 5) is 0. The van der Waals surface area contributed by atoms with Crippen molar-refractivity contribution >= 4 is 28.3 Å². The van der Waals surface area contributed by atoms with Gasteiger partial charge in [-0.1, -0.05) is 22.4 Å². The van der Waals surface area contributed by atoms with Gasteiger partial charge in [0.2, 0.25) is 0 Å². The molecule has 0 aliphatic rings. The van der Waals surface area contributed by atoms with E-state index in [-0.39, 0.29) is 24.2 Å². The molecule has 0 saturated heterocycles. The Balaban J connectivity index is 0.00000225. The summed E-state index contributed by atoms with van der Waals surface area (Å²) in [7, 11) is 0. The van der Waals surface area contributed by atoms with Crippen molar-refractivity contribution < 1.29 is 5.11 Å². The summed E-state index contributed by atoms with van der Waals surface area (Å²) >= 11 is 3.42. The zero-order valence-corrected chi connectivity index (χ0v) is 11.4. The van der Waals surface area contributed by atoms with Gasteiger partial charge in [0.1, 0.15) is 5.75 Å². The van der Waals surface area contributed by atoms with E-state index in [1.54, 1.807) is 12.1 Å². The van der Waals surface area contributed by atoms with Crippen LogP contribution in [0.25, 0.3) is 0 Å². The highest BCUT2D eigenvalue weighted by molar-refractivity contribution is 9.10. The highest BCUT2D eigenvalue weighted by atomic mass is 79.9. The van der Waals surface area contributed by atoms with Crippen molar-refractivity contribution in [3.05, 3.63) is 28.2 Å². The molecule has 92 valence electrons. The first-order valence-electron chi connectivity index (χ1n) is 5.09. The van der Waals surface area contributed by atoms with Crippen LogP contribution in [0.5, 0.6) is 5.75 Å². The fourth-order valence-electron chi connectivity index (χ4n) is 1.48. The number of aromatic hydroxyl groups is 1. The molecule has 0 heterocycles. The Hall–Kier alpha value is -0.290. The maximum atomic E-state index is 9.36. The van der Waals surface area contributed by atoms with E-state index in [2.05, 4.69) is 15.9 Å². The number of nitrogens with two attached hydrogens (primary N) is 2. The third-order valence-electron chi connectivity index (χ3n) is 2.35. The lowest BCUT2D eigenvalue weighted by atomic mass is 10.0.